The van der Waals surface area contributed by atoms with Crippen molar-refractivity contribution in [2.24, 2.45) is 0 Å². The fraction of sp³-hybridized carbons (Fsp3) is 0.333. The van der Waals surface area contributed by atoms with Crippen molar-refractivity contribution >= 4 is 22.9 Å². The van der Waals surface area contributed by atoms with E-state index in [0.717, 1.165) is 11.4 Å². The highest BCUT2D eigenvalue weighted by molar-refractivity contribution is 7.13. The number of hydrogen-bond donors (Lipinski definition) is 1. The summed E-state index contributed by atoms with van der Waals surface area (Å²) in [6.07, 6.45) is 1.69. The van der Waals surface area contributed by atoms with Crippen LogP contribution in [0.1, 0.15) is 9.88 Å². The predicted molar refractivity (Wildman–Crippen MR) is 56.2 cm³/mol. The van der Waals surface area contributed by atoms with Crippen LogP contribution in [0.3, 0.4) is 0 Å². The first-order chi connectivity index (χ1) is 6.50. The third-order valence-corrected chi connectivity index (χ3v) is 2.58. The van der Waals surface area contributed by atoms with Gasteiger partial charge in [-0.05, 0) is 14.1 Å². The summed E-state index contributed by atoms with van der Waals surface area (Å²) in [6, 6.07) is 0. The first-order valence-electron chi connectivity index (χ1n) is 4.02. The first kappa shape index (κ1) is 10.9. The molecular weight excluding hydrogens is 200 g/mol. The van der Waals surface area contributed by atoms with E-state index in [0.29, 0.717) is 5.01 Å². The zero-order valence-electron chi connectivity index (χ0n) is 8.15. The lowest BCUT2D eigenvalue weighted by atomic mass is 10.3. The molecule has 0 fully saturated rings. The Morgan fingerprint density at radius 3 is 2.86 bits per heavy atom. The van der Waals surface area contributed by atoms with Crippen LogP contribution in [-0.4, -0.2) is 35.1 Å². The Labute approximate surface area is 86.5 Å². The quantitative estimate of drug-likeness (QED) is 0.764. The van der Waals surface area contributed by atoms with Crippen molar-refractivity contribution in [1.29, 1.82) is 0 Å². The second-order valence-corrected chi connectivity index (χ2v) is 4.27. The summed E-state index contributed by atoms with van der Waals surface area (Å²) in [5, 5.41) is 9.16. The number of aliphatic carboxylic acids is 1. The molecule has 76 valence electrons. The summed E-state index contributed by atoms with van der Waals surface area (Å²) in [5.41, 5.74) is 0.0556. The number of aromatic nitrogens is 1. The van der Waals surface area contributed by atoms with Gasteiger partial charge in [0.15, 0.2) is 0 Å². The van der Waals surface area contributed by atoms with Crippen molar-refractivity contribution in [3.05, 3.63) is 22.7 Å². The number of rotatable bonds is 4. The van der Waals surface area contributed by atoms with Crippen LogP contribution < -0.4 is 0 Å². The van der Waals surface area contributed by atoms with Gasteiger partial charge in [0, 0.05) is 17.6 Å². The van der Waals surface area contributed by atoms with Crippen LogP contribution in [0, 0.1) is 0 Å². The van der Waals surface area contributed by atoms with E-state index in [-0.39, 0.29) is 5.57 Å². The molecule has 0 aliphatic carbocycles. The Hall–Kier alpha value is -1.20. The highest BCUT2D eigenvalue weighted by atomic mass is 32.1. The molecule has 0 bridgehead atoms. The number of thiazole rings is 1. The predicted octanol–water partition coefficient (Wildman–Crippen LogP) is 1.30. The second kappa shape index (κ2) is 4.34. The molecule has 0 unspecified atom stereocenters. The van der Waals surface area contributed by atoms with Gasteiger partial charge >= 0.3 is 5.97 Å². The molecule has 1 aromatic rings. The molecule has 0 aromatic carbocycles. The lowest BCUT2D eigenvalue weighted by molar-refractivity contribution is -0.130. The van der Waals surface area contributed by atoms with Gasteiger partial charge < -0.3 is 10.0 Å². The van der Waals surface area contributed by atoms with Crippen LogP contribution in [0.2, 0.25) is 0 Å². The second-order valence-electron chi connectivity index (χ2n) is 3.15. The molecule has 0 saturated heterocycles. The number of hydrogen-bond acceptors (Lipinski definition) is 4. The number of carbonyl (C=O) groups is 1. The standard InChI is InChI=1S/C9H12N2O2S/c1-6(9(12)13)8-10-4-7(14-8)5-11(2)3/h4H,1,5H2,2-3H3,(H,12,13). The van der Waals surface area contributed by atoms with Gasteiger partial charge in [-0.1, -0.05) is 6.58 Å². The fourth-order valence-electron chi connectivity index (χ4n) is 0.923. The van der Waals surface area contributed by atoms with Crippen molar-refractivity contribution in [3.63, 3.8) is 0 Å². The Kier molecular flexibility index (Phi) is 3.38. The van der Waals surface area contributed by atoms with Crippen molar-refractivity contribution in [3.8, 4) is 0 Å². The van der Waals surface area contributed by atoms with E-state index in [4.69, 9.17) is 5.11 Å². The van der Waals surface area contributed by atoms with Gasteiger partial charge in [-0.2, -0.15) is 0 Å². The molecule has 0 aliphatic rings. The normalized spacial score (nSPS) is 10.5. The zero-order chi connectivity index (χ0) is 10.7. The van der Waals surface area contributed by atoms with Gasteiger partial charge in [-0.3, -0.25) is 0 Å². The molecule has 1 aromatic heterocycles. The van der Waals surface area contributed by atoms with Crippen molar-refractivity contribution < 1.29 is 9.90 Å². The van der Waals surface area contributed by atoms with E-state index < -0.39 is 5.97 Å². The maximum atomic E-state index is 10.6. The fourth-order valence-corrected chi connectivity index (χ4v) is 1.92. The molecule has 0 spiro atoms. The lowest BCUT2D eigenvalue weighted by Crippen LogP contribution is -2.09. The summed E-state index contributed by atoms with van der Waals surface area (Å²) in [6.45, 7) is 4.22. The molecule has 0 amide bonds. The summed E-state index contributed by atoms with van der Waals surface area (Å²) in [4.78, 5) is 17.6. The summed E-state index contributed by atoms with van der Waals surface area (Å²) < 4.78 is 0. The van der Waals surface area contributed by atoms with Crippen LogP contribution in [0.25, 0.3) is 5.57 Å². The monoisotopic (exact) mass is 212 g/mol. The highest BCUT2D eigenvalue weighted by Crippen LogP contribution is 2.20. The van der Waals surface area contributed by atoms with E-state index in [2.05, 4.69) is 11.6 Å². The number of carboxylic acids is 1. The topological polar surface area (TPSA) is 53.4 Å². The average molecular weight is 212 g/mol. The largest absolute Gasteiger partial charge is 0.478 e. The van der Waals surface area contributed by atoms with E-state index in [1.165, 1.54) is 11.3 Å². The van der Waals surface area contributed by atoms with Gasteiger partial charge in [-0.25, -0.2) is 9.78 Å². The van der Waals surface area contributed by atoms with Crippen LogP contribution in [0.5, 0.6) is 0 Å². The minimum absolute atomic E-state index is 0.0556. The first-order valence-corrected chi connectivity index (χ1v) is 4.84. The highest BCUT2D eigenvalue weighted by Gasteiger charge is 2.11. The molecule has 1 rings (SSSR count). The van der Waals surface area contributed by atoms with E-state index in [9.17, 15) is 4.79 Å². The molecule has 0 saturated carbocycles. The van der Waals surface area contributed by atoms with E-state index in [1.807, 2.05) is 19.0 Å². The SMILES string of the molecule is C=C(C(=O)O)c1ncc(CN(C)C)s1. The van der Waals surface area contributed by atoms with Crippen LogP contribution >= 0.6 is 11.3 Å². The van der Waals surface area contributed by atoms with Crippen molar-refractivity contribution in [1.82, 2.24) is 9.88 Å². The molecule has 4 nitrogen and oxygen atoms in total. The summed E-state index contributed by atoms with van der Waals surface area (Å²) >= 11 is 1.36. The molecule has 0 radical (unpaired) electrons. The molecule has 14 heavy (non-hydrogen) atoms. The van der Waals surface area contributed by atoms with Crippen LogP contribution in [0.4, 0.5) is 0 Å². The Morgan fingerprint density at radius 1 is 1.71 bits per heavy atom. The Morgan fingerprint density at radius 2 is 2.36 bits per heavy atom. The molecule has 0 atom stereocenters. The van der Waals surface area contributed by atoms with Gasteiger partial charge in [0.2, 0.25) is 0 Å². The molecule has 0 aliphatic heterocycles. The third-order valence-electron chi connectivity index (χ3n) is 1.54. The van der Waals surface area contributed by atoms with Crippen molar-refractivity contribution in [2.45, 2.75) is 6.54 Å². The minimum Gasteiger partial charge on any atom is -0.478 e. The van der Waals surface area contributed by atoms with Crippen molar-refractivity contribution in [2.75, 3.05) is 14.1 Å². The number of carboxylic acid groups (broad SMARTS) is 1. The molecule has 5 heteroatoms. The average Bonchev–Trinajstić information content (AvgIpc) is 2.50. The summed E-state index contributed by atoms with van der Waals surface area (Å²) in [5.74, 6) is -1.02. The Bertz CT molecular complexity index is 357. The van der Waals surface area contributed by atoms with E-state index >= 15 is 0 Å². The maximum absolute atomic E-state index is 10.6. The molecule has 1 N–H and O–H groups in total. The van der Waals surface area contributed by atoms with E-state index in [1.54, 1.807) is 6.20 Å². The van der Waals surface area contributed by atoms with Gasteiger partial charge in [0.1, 0.15) is 5.01 Å². The van der Waals surface area contributed by atoms with Crippen LogP contribution in [0.15, 0.2) is 12.8 Å². The maximum Gasteiger partial charge on any atom is 0.338 e. The van der Waals surface area contributed by atoms with Gasteiger partial charge in [-0.15, -0.1) is 11.3 Å². The third kappa shape index (κ3) is 2.65. The van der Waals surface area contributed by atoms with Crippen LogP contribution in [-0.2, 0) is 11.3 Å². The molecular formula is C9H12N2O2S. The lowest BCUT2D eigenvalue weighted by Gasteiger charge is -2.05. The minimum atomic E-state index is -1.02. The zero-order valence-corrected chi connectivity index (χ0v) is 8.97. The molecule has 1 heterocycles. The smallest absolute Gasteiger partial charge is 0.338 e. The van der Waals surface area contributed by atoms with Gasteiger partial charge in [0.05, 0.1) is 5.57 Å². The summed E-state index contributed by atoms with van der Waals surface area (Å²) in [7, 11) is 3.90. The van der Waals surface area contributed by atoms with Gasteiger partial charge in [0.25, 0.3) is 0 Å². The number of nitrogens with zero attached hydrogens (tertiary/aromatic N) is 2. The Balaban J connectivity index is 2.78.